The predicted molar refractivity (Wildman–Crippen MR) is 72.2 cm³/mol. The largest absolute Gasteiger partial charge is 0.462 e. The van der Waals surface area contributed by atoms with Gasteiger partial charge in [-0.2, -0.15) is 0 Å². The standard InChI is InChI=1S/C14H14ClNO2/c1-4-18-14(17)10-7-11-12(15)6-5-8(2)13(11)16-9(10)3/h5-7H,4H2,1-3H3. The van der Waals surface area contributed by atoms with Gasteiger partial charge in [-0.05, 0) is 38.5 Å². The monoisotopic (exact) mass is 263 g/mol. The Bertz CT molecular complexity index is 623. The van der Waals surface area contributed by atoms with Gasteiger partial charge in [-0.15, -0.1) is 0 Å². The van der Waals surface area contributed by atoms with Gasteiger partial charge in [0.15, 0.2) is 0 Å². The van der Waals surface area contributed by atoms with Gasteiger partial charge in [-0.1, -0.05) is 17.7 Å². The number of hydrogen-bond donors (Lipinski definition) is 0. The number of ether oxygens (including phenoxy) is 1. The maximum atomic E-state index is 11.8. The highest BCUT2D eigenvalue weighted by molar-refractivity contribution is 6.35. The minimum Gasteiger partial charge on any atom is -0.462 e. The molecule has 0 unspecified atom stereocenters. The zero-order valence-electron chi connectivity index (χ0n) is 10.6. The number of nitrogens with zero attached hydrogens (tertiary/aromatic N) is 1. The Morgan fingerprint density at radius 2 is 2.11 bits per heavy atom. The third kappa shape index (κ3) is 2.18. The number of aromatic nitrogens is 1. The van der Waals surface area contributed by atoms with E-state index in [1.54, 1.807) is 19.9 Å². The second kappa shape index (κ2) is 4.94. The van der Waals surface area contributed by atoms with Crippen LogP contribution in [0.5, 0.6) is 0 Å². The van der Waals surface area contributed by atoms with E-state index < -0.39 is 0 Å². The van der Waals surface area contributed by atoms with E-state index in [9.17, 15) is 4.79 Å². The van der Waals surface area contributed by atoms with Crippen LogP contribution in [0, 0.1) is 13.8 Å². The molecule has 0 fully saturated rings. The number of benzene rings is 1. The summed E-state index contributed by atoms with van der Waals surface area (Å²) in [4.78, 5) is 16.3. The van der Waals surface area contributed by atoms with Crippen molar-refractivity contribution in [3.63, 3.8) is 0 Å². The minimum atomic E-state index is -0.359. The maximum Gasteiger partial charge on any atom is 0.339 e. The number of aryl methyl sites for hydroxylation is 2. The van der Waals surface area contributed by atoms with Gasteiger partial charge in [0, 0.05) is 5.39 Å². The van der Waals surface area contributed by atoms with Crippen LogP contribution in [0.3, 0.4) is 0 Å². The average Bonchev–Trinajstić information content (AvgIpc) is 2.34. The lowest BCUT2D eigenvalue weighted by atomic mass is 10.1. The molecular formula is C14H14ClNO2. The molecule has 1 heterocycles. The highest BCUT2D eigenvalue weighted by Gasteiger charge is 2.14. The van der Waals surface area contributed by atoms with Crippen LogP contribution in [0.1, 0.15) is 28.5 Å². The SMILES string of the molecule is CCOC(=O)c1cc2c(Cl)ccc(C)c2nc1C. The molecule has 0 bridgehead atoms. The molecule has 0 aliphatic rings. The first-order valence-electron chi connectivity index (χ1n) is 5.78. The van der Waals surface area contributed by atoms with Crippen molar-refractivity contribution in [3.05, 3.63) is 40.0 Å². The fraction of sp³-hybridized carbons (Fsp3) is 0.286. The van der Waals surface area contributed by atoms with Crippen LogP contribution < -0.4 is 0 Å². The van der Waals surface area contributed by atoms with E-state index in [0.29, 0.717) is 22.9 Å². The first kappa shape index (κ1) is 12.8. The van der Waals surface area contributed by atoms with E-state index in [1.165, 1.54) is 0 Å². The topological polar surface area (TPSA) is 39.2 Å². The van der Waals surface area contributed by atoms with Crippen LogP contribution in [0.2, 0.25) is 5.02 Å². The predicted octanol–water partition coefficient (Wildman–Crippen LogP) is 3.68. The summed E-state index contributed by atoms with van der Waals surface area (Å²) in [5.41, 5.74) is 2.99. The quantitative estimate of drug-likeness (QED) is 0.776. The van der Waals surface area contributed by atoms with Gasteiger partial charge in [-0.25, -0.2) is 4.79 Å². The highest BCUT2D eigenvalue weighted by Crippen LogP contribution is 2.27. The lowest BCUT2D eigenvalue weighted by Crippen LogP contribution is -2.08. The average molecular weight is 264 g/mol. The summed E-state index contributed by atoms with van der Waals surface area (Å²) in [5.74, 6) is -0.359. The lowest BCUT2D eigenvalue weighted by Gasteiger charge is -2.09. The minimum absolute atomic E-state index is 0.345. The molecule has 18 heavy (non-hydrogen) atoms. The van der Waals surface area contributed by atoms with Crippen molar-refractivity contribution in [2.24, 2.45) is 0 Å². The van der Waals surface area contributed by atoms with Crippen LogP contribution >= 0.6 is 11.6 Å². The van der Waals surface area contributed by atoms with Crippen molar-refractivity contribution >= 4 is 28.5 Å². The number of fused-ring (bicyclic) bond motifs is 1. The molecule has 0 saturated carbocycles. The van der Waals surface area contributed by atoms with E-state index in [0.717, 1.165) is 16.5 Å². The van der Waals surface area contributed by atoms with Gasteiger partial charge in [0.05, 0.1) is 28.4 Å². The number of hydrogen-bond acceptors (Lipinski definition) is 3. The second-order valence-corrected chi connectivity index (χ2v) is 4.51. The summed E-state index contributed by atoms with van der Waals surface area (Å²) in [7, 11) is 0. The van der Waals surface area contributed by atoms with Gasteiger partial charge in [0.2, 0.25) is 0 Å². The molecule has 0 atom stereocenters. The molecular weight excluding hydrogens is 250 g/mol. The van der Waals surface area contributed by atoms with E-state index in [-0.39, 0.29) is 5.97 Å². The van der Waals surface area contributed by atoms with Crippen molar-refractivity contribution in [3.8, 4) is 0 Å². The molecule has 2 aromatic rings. The number of rotatable bonds is 2. The number of halogens is 1. The van der Waals surface area contributed by atoms with Gasteiger partial charge >= 0.3 is 5.97 Å². The molecule has 0 spiro atoms. The molecule has 3 nitrogen and oxygen atoms in total. The fourth-order valence-electron chi connectivity index (χ4n) is 1.87. The first-order valence-corrected chi connectivity index (χ1v) is 6.16. The Balaban J connectivity index is 2.68. The van der Waals surface area contributed by atoms with Gasteiger partial charge in [0.25, 0.3) is 0 Å². The van der Waals surface area contributed by atoms with Crippen LogP contribution in [0.25, 0.3) is 10.9 Å². The van der Waals surface area contributed by atoms with Gasteiger partial charge in [0.1, 0.15) is 0 Å². The Hall–Kier alpha value is -1.61. The van der Waals surface area contributed by atoms with E-state index in [1.807, 2.05) is 19.1 Å². The van der Waals surface area contributed by atoms with Crippen LogP contribution in [0.15, 0.2) is 18.2 Å². The summed E-state index contributed by atoms with van der Waals surface area (Å²) < 4.78 is 5.01. The molecule has 4 heteroatoms. The van der Waals surface area contributed by atoms with Crippen molar-refractivity contribution in [2.75, 3.05) is 6.61 Å². The fourth-order valence-corrected chi connectivity index (χ4v) is 2.08. The molecule has 1 aromatic heterocycles. The van der Waals surface area contributed by atoms with Crippen LogP contribution in [-0.2, 0) is 4.74 Å². The summed E-state index contributed by atoms with van der Waals surface area (Å²) >= 11 is 6.14. The smallest absolute Gasteiger partial charge is 0.339 e. The molecule has 2 rings (SSSR count). The van der Waals surface area contributed by atoms with Crippen molar-refractivity contribution in [1.82, 2.24) is 4.98 Å². The molecule has 0 saturated heterocycles. The van der Waals surface area contributed by atoms with Gasteiger partial charge < -0.3 is 4.74 Å². The van der Waals surface area contributed by atoms with E-state index in [4.69, 9.17) is 16.3 Å². The normalized spacial score (nSPS) is 10.7. The summed E-state index contributed by atoms with van der Waals surface area (Å²) in [6.07, 6.45) is 0. The summed E-state index contributed by atoms with van der Waals surface area (Å²) in [6.45, 7) is 5.89. The molecule has 0 radical (unpaired) electrons. The Kier molecular flexibility index (Phi) is 3.53. The van der Waals surface area contributed by atoms with Crippen molar-refractivity contribution < 1.29 is 9.53 Å². The van der Waals surface area contributed by atoms with E-state index in [2.05, 4.69) is 4.98 Å². The highest BCUT2D eigenvalue weighted by atomic mass is 35.5. The molecule has 0 amide bonds. The lowest BCUT2D eigenvalue weighted by molar-refractivity contribution is 0.0525. The number of pyridine rings is 1. The third-order valence-electron chi connectivity index (χ3n) is 2.82. The zero-order chi connectivity index (χ0) is 13.3. The van der Waals surface area contributed by atoms with Crippen LogP contribution in [0.4, 0.5) is 0 Å². The molecule has 0 aliphatic carbocycles. The molecule has 0 N–H and O–H groups in total. The van der Waals surface area contributed by atoms with Gasteiger partial charge in [-0.3, -0.25) is 4.98 Å². The number of carbonyl (C=O) groups excluding carboxylic acids is 1. The Labute approximate surface area is 111 Å². The van der Waals surface area contributed by atoms with E-state index >= 15 is 0 Å². The second-order valence-electron chi connectivity index (χ2n) is 4.10. The third-order valence-corrected chi connectivity index (χ3v) is 3.15. The summed E-state index contributed by atoms with van der Waals surface area (Å²) in [5, 5.41) is 1.37. The molecule has 94 valence electrons. The first-order chi connectivity index (χ1) is 8.54. The van der Waals surface area contributed by atoms with Crippen molar-refractivity contribution in [1.29, 1.82) is 0 Å². The number of carbonyl (C=O) groups is 1. The Morgan fingerprint density at radius 1 is 1.39 bits per heavy atom. The molecule has 0 aliphatic heterocycles. The maximum absolute atomic E-state index is 11.8. The Morgan fingerprint density at radius 3 is 2.78 bits per heavy atom. The van der Waals surface area contributed by atoms with Crippen LogP contribution in [-0.4, -0.2) is 17.6 Å². The van der Waals surface area contributed by atoms with Crippen molar-refractivity contribution in [2.45, 2.75) is 20.8 Å². The molecule has 1 aromatic carbocycles. The zero-order valence-corrected chi connectivity index (χ0v) is 11.3. The summed E-state index contributed by atoms with van der Waals surface area (Å²) in [6, 6.07) is 5.48. The number of esters is 1.